The van der Waals surface area contributed by atoms with Crippen molar-refractivity contribution in [3.05, 3.63) is 5.82 Å². The number of thioether (sulfide) groups is 1. The van der Waals surface area contributed by atoms with E-state index in [0.29, 0.717) is 17.3 Å². The van der Waals surface area contributed by atoms with Gasteiger partial charge in [-0.3, -0.25) is 0 Å². The first-order chi connectivity index (χ1) is 6.22. The van der Waals surface area contributed by atoms with Crippen molar-refractivity contribution in [2.75, 3.05) is 12.4 Å². The molecule has 1 rings (SSSR count). The van der Waals surface area contributed by atoms with Crippen LogP contribution in [-0.4, -0.2) is 48.9 Å². The zero-order chi connectivity index (χ0) is 9.68. The van der Waals surface area contributed by atoms with Crippen molar-refractivity contribution in [3.63, 3.8) is 0 Å². The molecule has 0 radical (unpaired) electrons. The fourth-order valence-corrected chi connectivity index (χ4v) is 1.51. The lowest BCUT2D eigenvalue weighted by atomic mass is 10.4. The number of aliphatic hydroxyl groups is 2. The topological polar surface area (TPSA) is 84.1 Å². The van der Waals surface area contributed by atoms with Gasteiger partial charge in [0.15, 0.2) is 5.82 Å². The Morgan fingerprint density at radius 3 is 2.92 bits per heavy atom. The van der Waals surface area contributed by atoms with Crippen LogP contribution in [0.3, 0.4) is 0 Å². The maximum atomic E-state index is 9.01. The normalized spacial score (nSPS) is 13.2. The summed E-state index contributed by atoms with van der Waals surface area (Å²) in [6, 6.07) is 0. The molecule has 2 N–H and O–H groups in total. The Labute approximate surface area is 80.0 Å². The maximum Gasteiger partial charge on any atom is 0.184 e. The number of tetrazole rings is 1. The van der Waals surface area contributed by atoms with Gasteiger partial charge in [-0.2, -0.15) is 16.6 Å². The number of aryl methyl sites for hydroxylation is 1. The van der Waals surface area contributed by atoms with E-state index in [1.165, 1.54) is 16.6 Å². The summed E-state index contributed by atoms with van der Waals surface area (Å²) in [5, 5.41) is 28.9. The third-order valence-electron chi connectivity index (χ3n) is 1.30. The summed E-state index contributed by atoms with van der Waals surface area (Å²) in [5.41, 5.74) is 0. The van der Waals surface area contributed by atoms with Gasteiger partial charge in [0.05, 0.1) is 25.5 Å². The van der Waals surface area contributed by atoms with Crippen LogP contribution in [0.2, 0.25) is 0 Å². The molecule has 0 saturated carbocycles. The Bertz CT molecular complexity index is 255. The Morgan fingerprint density at radius 1 is 1.62 bits per heavy atom. The monoisotopic (exact) mass is 204 g/mol. The summed E-state index contributed by atoms with van der Waals surface area (Å²) in [5.74, 6) is 1.72. The zero-order valence-corrected chi connectivity index (χ0v) is 8.11. The van der Waals surface area contributed by atoms with E-state index in [4.69, 9.17) is 10.2 Å². The number of rotatable bonds is 5. The second-order valence-corrected chi connectivity index (χ2v) is 3.58. The highest BCUT2D eigenvalue weighted by molar-refractivity contribution is 7.98. The van der Waals surface area contributed by atoms with Crippen molar-refractivity contribution in [2.24, 2.45) is 7.05 Å². The molecule has 13 heavy (non-hydrogen) atoms. The van der Waals surface area contributed by atoms with Gasteiger partial charge in [-0.05, 0) is 5.21 Å². The molecule has 1 unspecified atom stereocenters. The first-order valence-electron chi connectivity index (χ1n) is 3.82. The lowest BCUT2D eigenvalue weighted by Crippen LogP contribution is -2.14. The molecule has 0 spiro atoms. The van der Waals surface area contributed by atoms with Crippen molar-refractivity contribution in [3.8, 4) is 0 Å². The molecule has 0 bridgehead atoms. The molecule has 1 aromatic heterocycles. The molecule has 6 nitrogen and oxygen atoms in total. The Kier molecular flexibility index (Phi) is 4.13. The highest BCUT2D eigenvalue weighted by Gasteiger charge is 2.04. The van der Waals surface area contributed by atoms with Crippen molar-refractivity contribution >= 4 is 11.8 Å². The first-order valence-corrected chi connectivity index (χ1v) is 4.97. The molecule has 0 fully saturated rings. The van der Waals surface area contributed by atoms with Crippen LogP contribution in [0.5, 0.6) is 0 Å². The van der Waals surface area contributed by atoms with Gasteiger partial charge >= 0.3 is 0 Å². The van der Waals surface area contributed by atoms with Crippen LogP contribution in [0.15, 0.2) is 0 Å². The van der Waals surface area contributed by atoms with Gasteiger partial charge in [0.25, 0.3) is 0 Å². The molecule has 1 heterocycles. The maximum absolute atomic E-state index is 9.01. The average molecular weight is 204 g/mol. The van der Waals surface area contributed by atoms with E-state index in [0.717, 1.165) is 0 Å². The Hall–Kier alpha value is -0.660. The minimum Gasteiger partial charge on any atom is -0.394 e. The highest BCUT2D eigenvalue weighted by atomic mass is 32.2. The van der Waals surface area contributed by atoms with E-state index in [9.17, 15) is 0 Å². The second kappa shape index (κ2) is 5.15. The minimum absolute atomic E-state index is 0.207. The fraction of sp³-hybridized carbons (Fsp3) is 0.833. The van der Waals surface area contributed by atoms with Crippen LogP contribution in [0, 0.1) is 0 Å². The third kappa shape index (κ3) is 3.71. The second-order valence-electron chi connectivity index (χ2n) is 2.55. The quantitative estimate of drug-likeness (QED) is 0.626. The van der Waals surface area contributed by atoms with Crippen LogP contribution in [-0.2, 0) is 12.8 Å². The number of aromatic nitrogens is 4. The summed E-state index contributed by atoms with van der Waals surface area (Å²) in [7, 11) is 1.70. The summed E-state index contributed by atoms with van der Waals surface area (Å²) < 4.78 is 0. The molecule has 1 atom stereocenters. The average Bonchev–Trinajstić information content (AvgIpc) is 2.51. The lowest BCUT2D eigenvalue weighted by Gasteiger charge is -2.03. The molecular formula is C6H12N4O2S. The van der Waals surface area contributed by atoms with E-state index in [1.54, 1.807) is 7.05 Å². The van der Waals surface area contributed by atoms with Gasteiger partial charge in [0.1, 0.15) is 0 Å². The Balaban J connectivity index is 2.20. The van der Waals surface area contributed by atoms with E-state index >= 15 is 0 Å². The summed E-state index contributed by atoms with van der Waals surface area (Å²) in [4.78, 5) is 1.39. The van der Waals surface area contributed by atoms with Crippen molar-refractivity contribution < 1.29 is 10.2 Å². The largest absolute Gasteiger partial charge is 0.394 e. The molecule has 0 aromatic carbocycles. The Morgan fingerprint density at radius 2 is 2.38 bits per heavy atom. The van der Waals surface area contributed by atoms with Crippen LogP contribution in [0.25, 0.3) is 0 Å². The smallest absolute Gasteiger partial charge is 0.184 e. The van der Waals surface area contributed by atoms with Crippen molar-refractivity contribution in [1.29, 1.82) is 0 Å². The molecule has 1 aromatic rings. The van der Waals surface area contributed by atoms with Gasteiger partial charge < -0.3 is 10.2 Å². The first kappa shape index (κ1) is 10.4. The van der Waals surface area contributed by atoms with E-state index in [1.807, 2.05) is 0 Å². The third-order valence-corrected chi connectivity index (χ3v) is 2.38. The van der Waals surface area contributed by atoms with Gasteiger partial charge in [0.2, 0.25) is 0 Å². The van der Waals surface area contributed by atoms with Crippen molar-refractivity contribution in [2.45, 2.75) is 11.9 Å². The standard InChI is InChI=1S/C6H12N4O2S/c1-10-8-6(7-9-10)4-13-3-5(12)2-11/h5,11-12H,2-4H2,1H3. The van der Waals surface area contributed by atoms with E-state index < -0.39 is 6.10 Å². The minimum atomic E-state index is -0.665. The van der Waals surface area contributed by atoms with Gasteiger partial charge in [-0.15, -0.1) is 10.2 Å². The highest BCUT2D eigenvalue weighted by Crippen LogP contribution is 2.08. The summed E-state index contributed by atoms with van der Waals surface area (Å²) in [6.07, 6.45) is -0.665. The molecule has 0 saturated heterocycles. The molecule has 0 aliphatic carbocycles. The molecule has 0 aliphatic heterocycles. The van der Waals surface area contributed by atoms with E-state index in [2.05, 4.69) is 15.4 Å². The zero-order valence-electron chi connectivity index (χ0n) is 7.29. The van der Waals surface area contributed by atoms with Gasteiger partial charge in [-0.25, -0.2) is 0 Å². The van der Waals surface area contributed by atoms with Crippen LogP contribution >= 0.6 is 11.8 Å². The van der Waals surface area contributed by atoms with E-state index in [-0.39, 0.29) is 6.61 Å². The van der Waals surface area contributed by atoms with Crippen molar-refractivity contribution in [1.82, 2.24) is 20.2 Å². The van der Waals surface area contributed by atoms with Crippen LogP contribution in [0.1, 0.15) is 5.82 Å². The molecule has 7 heteroatoms. The number of hydrogen-bond acceptors (Lipinski definition) is 6. The number of hydrogen-bond donors (Lipinski definition) is 2. The SMILES string of the molecule is Cn1nnc(CSCC(O)CO)n1. The van der Waals surface area contributed by atoms with Crippen LogP contribution in [0.4, 0.5) is 0 Å². The van der Waals surface area contributed by atoms with Gasteiger partial charge in [-0.1, -0.05) is 0 Å². The fourth-order valence-electron chi connectivity index (χ4n) is 0.720. The lowest BCUT2D eigenvalue weighted by molar-refractivity contribution is 0.113. The molecular weight excluding hydrogens is 192 g/mol. The predicted octanol–water partition coefficient (Wildman–Crippen LogP) is -1.20. The van der Waals surface area contributed by atoms with Crippen LogP contribution < -0.4 is 0 Å². The summed E-state index contributed by atoms with van der Waals surface area (Å²) in [6.45, 7) is -0.207. The predicted molar refractivity (Wildman–Crippen MR) is 48.1 cm³/mol. The van der Waals surface area contributed by atoms with Gasteiger partial charge in [0, 0.05) is 5.75 Å². The number of aliphatic hydroxyl groups excluding tert-OH is 2. The molecule has 0 aliphatic rings. The molecule has 74 valence electrons. The summed E-state index contributed by atoms with van der Waals surface area (Å²) >= 11 is 1.46. The number of nitrogens with zero attached hydrogens (tertiary/aromatic N) is 4. The molecule has 0 amide bonds.